The molecular weight excluding hydrogens is 496 g/mol. The molecule has 32 heavy (non-hydrogen) atoms. The van der Waals surface area contributed by atoms with Gasteiger partial charge in [-0.25, -0.2) is 4.79 Å². The van der Waals surface area contributed by atoms with E-state index in [1.54, 1.807) is 53.4 Å². The van der Waals surface area contributed by atoms with E-state index in [4.69, 9.17) is 9.47 Å². The second-order valence-electron chi connectivity index (χ2n) is 6.86. The maximum atomic E-state index is 12.6. The van der Waals surface area contributed by atoms with Crippen molar-refractivity contribution < 1.29 is 22.7 Å². The molecule has 0 radical (unpaired) electrons. The van der Waals surface area contributed by atoms with Gasteiger partial charge in [-0.3, -0.25) is 0 Å². The van der Waals surface area contributed by atoms with Gasteiger partial charge in [-0.2, -0.15) is 8.42 Å². The summed E-state index contributed by atoms with van der Waals surface area (Å²) in [6.07, 6.45) is 0. The van der Waals surface area contributed by atoms with E-state index >= 15 is 0 Å². The van der Waals surface area contributed by atoms with Crippen molar-refractivity contribution >= 4 is 43.4 Å². The lowest BCUT2D eigenvalue weighted by molar-refractivity contribution is 0.0517. The fourth-order valence-electron chi connectivity index (χ4n) is 3.40. The molecule has 0 fully saturated rings. The van der Waals surface area contributed by atoms with Gasteiger partial charge in [0, 0.05) is 10.0 Å². The molecule has 0 amide bonds. The molecule has 0 bridgehead atoms. The van der Waals surface area contributed by atoms with Crippen LogP contribution in [0.4, 0.5) is 5.69 Å². The lowest BCUT2D eigenvalue weighted by Crippen LogP contribution is -2.34. The highest BCUT2D eigenvalue weighted by Crippen LogP contribution is 2.34. The Bertz CT molecular complexity index is 1310. The van der Waals surface area contributed by atoms with Crippen LogP contribution >= 0.6 is 15.9 Å². The molecule has 7 nitrogen and oxygen atoms in total. The molecule has 164 valence electrons. The van der Waals surface area contributed by atoms with Gasteiger partial charge in [0.05, 0.1) is 24.9 Å². The van der Waals surface area contributed by atoms with E-state index in [1.165, 1.54) is 13.2 Å². The molecule has 0 N–H and O–H groups in total. The molecule has 0 saturated heterocycles. The number of fused-ring (bicyclic) bond motifs is 1. The predicted molar refractivity (Wildman–Crippen MR) is 125 cm³/mol. The van der Waals surface area contributed by atoms with Gasteiger partial charge < -0.3 is 14.4 Å². The number of carbonyl (C=O) groups excluding carboxylic acids is 1. The van der Waals surface area contributed by atoms with Crippen LogP contribution in [0.5, 0.6) is 5.75 Å². The number of hydrogen-bond acceptors (Lipinski definition) is 6. The Morgan fingerprint density at radius 1 is 1.03 bits per heavy atom. The van der Waals surface area contributed by atoms with Gasteiger partial charge in [0.1, 0.15) is 17.3 Å². The number of methoxy groups -OCH3 is 1. The summed E-state index contributed by atoms with van der Waals surface area (Å²) in [5, 5.41) is 0. The van der Waals surface area contributed by atoms with Crippen LogP contribution in [0, 0.1) is 0 Å². The number of sulfonamides is 1. The van der Waals surface area contributed by atoms with Crippen molar-refractivity contribution in [2.24, 2.45) is 4.40 Å². The van der Waals surface area contributed by atoms with E-state index in [1.807, 2.05) is 18.2 Å². The summed E-state index contributed by atoms with van der Waals surface area (Å²) in [5.74, 6) is 0.312. The van der Waals surface area contributed by atoms with Crippen molar-refractivity contribution in [1.82, 2.24) is 0 Å². The van der Waals surface area contributed by atoms with Crippen LogP contribution in [0.1, 0.15) is 15.9 Å². The standard InChI is InChI=1S/C23H19BrN2O5S/c1-30-20-11-4-3-10-19(20)26(13-14-31-23(27)16-7-6-8-17(24)15-16)22-18-9-2-5-12-21(18)32(28,29)25-22/h2-12,15H,13-14H2,1H3. The first-order valence-electron chi connectivity index (χ1n) is 9.68. The normalized spacial score (nSPS) is 13.8. The number of amidine groups is 1. The van der Waals surface area contributed by atoms with Crippen molar-refractivity contribution in [3.8, 4) is 5.75 Å². The van der Waals surface area contributed by atoms with Crippen molar-refractivity contribution in [2.45, 2.75) is 4.90 Å². The third kappa shape index (κ3) is 4.39. The zero-order chi connectivity index (χ0) is 22.7. The van der Waals surface area contributed by atoms with E-state index in [9.17, 15) is 13.2 Å². The molecule has 0 unspecified atom stereocenters. The topological polar surface area (TPSA) is 85.3 Å². The van der Waals surface area contributed by atoms with Crippen LogP contribution in [0.2, 0.25) is 0 Å². The Morgan fingerprint density at radius 2 is 1.78 bits per heavy atom. The molecule has 3 aromatic carbocycles. The van der Waals surface area contributed by atoms with Gasteiger partial charge in [-0.05, 0) is 42.5 Å². The van der Waals surface area contributed by atoms with E-state index in [0.29, 0.717) is 22.6 Å². The first-order chi connectivity index (χ1) is 15.4. The van der Waals surface area contributed by atoms with Gasteiger partial charge in [-0.15, -0.1) is 4.40 Å². The molecule has 0 aliphatic carbocycles. The van der Waals surface area contributed by atoms with Crippen molar-refractivity contribution in [3.05, 3.63) is 88.4 Å². The van der Waals surface area contributed by atoms with Crippen molar-refractivity contribution in [3.63, 3.8) is 0 Å². The summed E-state index contributed by atoms with van der Waals surface area (Å²) < 4.78 is 41.0. The molecule has 1 heterocycles. The van der Waals surface area contributed by atoms with E-state index < -0.39 is 16.0 Å². The number of ether oxygens (including phenoxy) is 2. The zero-order valence-corrected chi connectivity index (χ0v) is 19.5. The Labute approximate surface area is 194 Å². The summed E-state index contributed by atoms with van der Waals surface area (Å²) in [6, 6.07) is 20.7. The second kappa shape index (κ2) is 9.13. The molecule has 4 rings (SSSR count). The summed E-state index contributed by atoms with van der Waals surface area (Å²) in [7, 11) is -2.29. The average Bonchev–Trinajstić information content (AvgIpc) is 3.07. The number of rotatable bonds is 6. The SMILES string of the molecule is COc1ccccc1N(CCOC(=O)c1cccc(Br)c1)C1=NS(=O)(=O)c2ccccc21. The minimum Gasteiger partial charge on any atom is -0.495 e. The van der Waals surface area contributed by atoms with E-state index in [2.05, 4.69) is 20.3 Å². The number of benzene rings is 3. The maximum absolute atomic E-state index is 12.6. The maximum Gasteiger partial charge on any atom is 0.338 e. The first-order valence-corrected chi connectivity index (χ1v) is 11.9. The Balaban J connectivity index is 1.65. The molecule has 9 heteroatoms. The summed E-state index contributed by atoms with van der Waals surface area (Å²) >= 11 is 3.34. The van der Waals surface area contributed by atoms with Gasteiger partial charge >= 0.3 is 5.97 Å². The lowest BCUT2D eigenvalue weighted by Gasteiger charge is -2.26. The molecule has 0 atom stereocenters. The molecule has 0 spiro atoms. The van der Waals surface area contributed by atoms with Gasteiger partial charge in [-0.1, -0.05) is 46.3 Å². The lowest BCUT2D eigenvalue weighted by atomic mass is 10.1. The quantitative estimate of drug-likeness (QED) is 0.456. The van der Waals surface area contributed by atoms with Crippen LogP contribution in [0.15, 0.2) is 86.6 Å². The highest BCUT2D eigenvalue weighted by atomic mass is 79.9. The predicted octanol–water partition coefficient (Wildman–Crippen LogP) is 4.27. The van der Waals surface area contributed by atoms with Crippen molar-refractivity contribution in [2.75, 3.05) is 25.2 Å². The molecule has 3 aromatic rings. The zero-order valence-electron chi connectivity index (χ0n) is 17.1. The van der Waals surface area contributed by atoms with E-state index in [0.717, 1.165) is 4.47 Å². The summed E-state index contributed by atoms with van der Waals surface area (Å²) in [5.41, 5.74) is 1.50. The number of para-hydroxylation sites is 2. The minimum absolute atomic E-state index is 0.00459. The second-order valence-corrected chi connectivity index (χ2v) is 9.34. The minimum atomic E-state index is -3.82. The van der Waals surface area contributed by atoms with Crippen LogP contribution in [0.25, 0.3) is 0 Å². The first kappa shape index (κ1) is 22.0. The van der Waals surface area contributed by atoms with E-state index in [-0.39, 0.29) is 23.9 Å². The monoisotopic (exact) mass is 514 g/mol. The largest absolute Gasteiger partial charge is 0.495 e. The van der Waals surface area contributed by atoms with Crippen LogP contribution in [-0.4, -0.2) is 40.5 Å². The molecule has 1 aliphatic heterocycles. The number of halogens is 1. The van der Waals surface area contributed by atoms with Crippen LogP contribution in [-0.2, 0) is 14.8 Å². The highest BCUT2D eigenvalue weighted by Gasteiger charge is 2.33. The Kier molecular flexibility index (Phi) is 6.29. The van der Waals surface area contributed by atoms with Crippen molar-refractivity contribution in [1.29, 1.82) is 0 Å². The van der Waals surface area contributed by atoms with Crippen LogP contribution in [0.3, 0.4) is 0 Å². The highest BCUT2D eigenvalue weighted by molar-refractivity contribution is 9.10. The number of nitrogens with zero attached hydrogens (tertiary/aromatic N) is 2. The molecule has 1 aliphatic rings. The summed E-state index contributed by atoms with van der Waals surface area (Å²) in [6.45, 7) is 0.174. The fraction of sp³-hybridized carbons (Fsp3) is 0.130. The van der Waals surface area contributed by atoms with Gasteiger partial charge in [0.15, 0.2) is 5.84 Å². The number of carbonyl (C=O) groups is 1. The Morgan fingerprint density at radius 3 is 2.56 bits per heavy atom. The Hall–Kier alpha value is -3.17. The van der Waals surface area contributed by atoms with Gasteiger partial charge in [0.25, 0.3) is 10.0 Å². The fourth-order valence-corrected chi connectivity index (χ4v) is 5.01. The average molecular weight is 515 g/mol. The third-order valence-electron chi connectivity index (χ3n) is 4.85. The smallest absolute Gasteiger partial charge is 0.338 e. The third-order valence-corrected chi connectivity index (χ3v) is 6.67. The summed E-state index contributed by atoms with van der Waals surface area (Å²) in [4.78, 5) is 14.3. The number of esters is 1. The van der Waals surface area contributed by atoms with Crippen LogP contribution < -0.4 is 9.64 Å². The van der Waals surface area contributed by atoms with Gasteiger partial charge in [0.2, 0.25) is 0 Å². The number of hydrogen-bond donors (Lipinski definition) is 0. The molecule has 0 aromatic heterocycles. The number of anilines is 1. The molecular formula is C23H19BrN2O5S. The molecule has 0 saturated carbocycles.